The summed E-state index contributed by atoms with van der Waals surface area (Å²) in [6, 6.07) is 11.5. The number of nitrogens with zero attached hydrogens (tertiary/aromatic N) is 2. The molecule has 0 aliphatic carbocycles. The van der Waals surface area contributed by atoms with E-state index in [9.17, 15) is 0 Å². The highest BCUT2D eigenvalue weighted by Gasteiger charge is 2.11. The van der Waals surface area contributed by atoms with Crippen LogP contribution in [0.3, 0.4) is 0 Å². The zero-order valence-corrected chi connectivity index (χ0v) is 17.3. The van der Waals surface area contributed by atoms with E-state index in [1.165, 1.54) is 5.56 Å². The van der Waals surface area contributed by atoms with E-state index in [0.29, 0.717) is 18.0 Å². The third-order valence-electron chi connectivity index (χ3n) is 3.75. The summed E-state index contributed by atoms with van der Waals surface area (Å²) in [4.78, 5) is 6.88. The van der Waals surface area contributed by atoms with Crippen LogP contribution in [0.4, 0.5) is 0 Å². The predicted molar refractivity (Wildman–Crippen MR) is 112 cm³/mol. The number of hydrogen-bond acceptors (Lipinski definition) is 2. The number of rotatable bonds is 9. The first-order valence-corrected chi connectivity index (χ1v) is 8.34. The standard InChI is InChI=1S/C18H32N4.HI/c1-15(2)22(16(3)4)14-8-12-20-18(19)21-13-11-17-9-6-5-7-10-17;/h5-7,9-10,15-16H,8,11-14H2,1-4H3,(H3,19,20,21);1H. The third-order valence-corrected chi connectivity index (χ3v) is 3.75. The Morgan fingerprint density at radius 2 is 1.74 bits per heavy atom. The summed E-state index contributed by atoms with van der Waals surface area (Å²) >= 11 is 0. The lowest BCUT2D eigenvalue weighted by atomic mass is 10.1. The molecule has 0 saturated heterocycles. The van der Waals surface area contributed by atoms with Gasteiger partial charge < -0.3 is 11.1 Å². The van der Waals surface area contributed by atoms with Crippen LogP contribution in [0.5, 0.6) is 0 Å². The number of aliphatic imine (C=N–C) groups is 1. The molecule has 3 N–H and O–H groups in total. The van der Waals surface area contributed by atoms with Crippen LogP contribution in [0.15, 0.2) is 35.3 Å². The van der Waals surface area contributed by atoms with E-state index in [4.69, 9.17) is 5.73 Å². The van der Waals surface area contributed by atoms with E-state index in [1.807, 2.05) is 6.07 Å². The van der Waals surface area contributed by atoms with E-state index >= 15 is 0 Å². The van der Waals surface area contributed by atoms with Gasteiger partial charge in [0.2, 0.25) is 0 Å². The lowest BCUT2D eigenvalue weighted by Crippen LogP contribution is -2.38. The zero-order chi connectivity index (χ0) is 16.4. The lowest BCUT2D eigenvalue weighted by molar-refractivity contribution is 0.174. The van der Waals surface area contributed by atoms with Crippen molar-refractivity contribution < 1.29 is 0 Å². The first-order chi connectivity index (χ1) is 10.5. The van der Waals surface area contributed by atoms with Gasteiger partial charge in [0.05, 0.1) is 0 Å². The molecule has 1 aromatic rings. The van der Waals surface area contributed by atoms with Gasteiger partial charge in [-0.25, -0.2) is 0 Å². The molecule has 0 heterocycles. The molecule has 1 aromatic carbocycles. The van der Waals surface area contributed by atoms with Crippen molar-refractivity contribution in [3.05, 3.63) is 35.9 Å². The summed E-state index contributed by atoms with van der Waals surface area (Å²) in [5.74, 6) is 0.552. The molecule has 4 nitrogen and oxygen atoms in total. The van der Waals surface area contributed by atoms with E-state index < -0.39 is 0 Å². The molecule has 0 aromatic heterocycles. The van der Waals surface area contributed by atoms with Gasteiger partial charge in [-0.2, -0.15) is 0 Å². The Balaban J connectivity index is 0.00000484. The van der Waals surface area contributed by atoms with Crippen molar-refractivity contribution in [1.82, 2.24) is 10.2 Å². The number of guanidine groups is 1. The van der Waals surface area contributed by atoms with Gasteiger partial charge in [-0.15, -0.1) is 24.0 Å². The smallest absolute Gasteiger partial charge is 0.188 e. The Bertz CT molecular complexity index is 424. The van der Waals surface area contributed by atoms with E-state index in [-0.39, 0.29) is 24.0 Å². The minimum Gasteiger partial charge on any atom is -0.370 e. The Labute approximate surface area is 158 Å². The molecule has 0 aliphatic rings. The molecule has 1 rings (SSSR count). The maximum atomic E-state index is 5.90. The van der Waals surface area contributed by atoms with Crippen molar-refractivity contribution >= 4 is 29.9 Å². The first-order valence-electron chi connectivity index (χ1n) is 8.34. The van der Waals surface area contributed by atoms with Gasteiger partial charge in [-0.3, -0.25) is 9.89 Å². The van der Waals surface area contributed by atoms with E-state index in [1.54, 1.807) is 0 Å². The molecule has 0 spiro atoms. The Morgan fingerprint density at radius 1 is 1.13 bits per heavy atom. The molecule has 132 valence electrons. The second-order valence-electron chi connectivity index (χ2n) is 6.21. The fraction of sp³-hybridized carbons (Fsp3) is 0.611. The van der Waals surface area contributed by atoms with Crippen molar-refractivity contribution in [2.75, 3.05) is 19.6 Å². The third kappa shape index (κ3) is 9.81. The van der Waals surface area contributed by atoms with Gasteiger partial charge in [0, 0.05) is 31.7 Å². The Morgan fingerprint density at radius 3 is 2.30 bits per heavy atom. The highest BCUT2D eigenvalue weighted by molar-refractivity contribution is 14.0. The van der Waals surface area contributed by atoms with E-state index in [0.717, 1.165) is 32.5 Å². The molecule has 0 bridgehead atoms. The quantitative estimate of drug-likeness (QED) is 0.273. The first kappa shape index (κ1) is 22.2. The van der Waals surface area contributed by atoms with Crippen molar-refractivity contribution in [3.63, 3.8) is 0 Å². The number of benzene rings is 1. The normalized spacial score (nSPS) is 11.9. The summed E-state index contributed by atoms with van der Waals surface area (Å²) in [6.45, 7) is 11.6. The van der Waals surface area contributed by atoms with Crippen LogP contribution >= 0.6 is 24.0 Å². The molecular weight excluding hydrogens is 399 g/mol. The average molecular weight is 432 g/mol. The maximum Gasteiger partial charge on any atom is 0.188 e. The summed E-state index contributed by atoms with van der Waals surface area (Å²) in [7, 11) is 0. The van der Waals surface area contributed by atoms with Crippen LogP contribution in [0.1, 0.15) is 39.7 Å². The maximum absolute atomic E-state index is 5.90. The summed E-state index contributed by atoms with van der Waals surface area (Å²) in [5.41, 5.74) is 7.21. The van der Waals surface area contributed by atoms with Crippen LogP contribution in [0.2, 0.25) is 0 Å². The molecule has 23 heavy (non-hydrogen) atoms. The summed E-state index contributed by atoms with van der Waals surface area (Å²) in [6.07, 6.45) is 2.00. The van der Waals surface area contributed by atoms with Crippen LogP contribution < -0.4 is 11.1 Å². The van der Waals surface area contributed by atoms with Gasteiger partial charge in [0.25, 0.3) is 0 Å². The van der Waals surface area contributed by atoms with Crippen molar-refractivity contribution in [1.29, 1.82) is 0 Å². The van der Waals surface area contributed by atoms with Crippen LogP contribution in [-0.2, 0) is 6.42 Å². The molecule has 5 heteroatoms. The van der Waals surface area contributed by atoms with Crippen molar-refractivity contribution in [2.24, 2.45) is 10.7 Å². The molecule has 0 fully saturated rings. The molecule has 0 atom stereocenters. The molecule has 0 saturated carbocycles. The van der Waals surface area contributed by atoms with Gasteiger partial charge in [0.15, 0.2) is 5.96 Å². The lowest BCUT2D eigenvalue weighted by Gasteiger charge is -2.30. The summed E-state index contributed by atoms with van der Waals surface area (Å²) < 4.78 is 0. The molecular formula is C18H33IN4. The number of halogens is 1. The Hall–Kier alpha value is -0.820. The number of nitrogens with one attached hydrogen (secondary N) is 1. The summed E-state index contributed by atoms with van der Waals surface area (Å²) in [5, 5.41) is 3.18. The second-order valence-corrected chi connectivity index (χ2v) is 6.21. The van der Waals surface area contributed by atoms with Crippen LogP contribution in [0.25, 0.3) is 0 Å². The second kappa shape index (κ2) is 12.6. The molecule has 0 unspecified atom stereocenters. The monoisotopic (exact) mass is 432 g/mol. The number of nitrogens with two attached hydrogens (primary N) is 1. The highest BCUT2D eigenvalue weighted by Crippen LogP contribution is 2.05. The Kier molecular flexibility index (Phi) is 12.1. The van der Waals surface area contributed by atoms with Crippen LogP contribution in [-0.4, -0.2) is 42.6 Å². The van der Waals surface area contributed by atoms with Gasteiger partial charge >= 0.3 is 0 Å². The molecule has 0 amide bonds. The zero-order valence-electron chi connectivity index (χ0n) is 15.0. The molecule has 0 radical (unpaired) electrons. The van der Waals surface area contributed by atoms with Crippen LogP contribution in [0, 0.1) is 0 Å². The van der Waals surface area contributed by atoms with E-state index in [2.05, 4.69) is 67.2 Å². The molecule has 0 aliphatic heterocycles. The fourth-order valence-electron chi connectivity index (χ4n) is 2.60. The van der Waals surface area contributed by atoms with Gasteiger partial charge in [-0.05, 0) is 46.1 Å². The van der Waals surface area contributed by atoms with Crippen molar-refractivity contribution in [3.8, 4) is 0 Å². The predicted octanol–water partition coefficient (Wildman–Crippen LogP) is 3.26. The van der Waals surface area contributed by atoms with Gasteiger partial charge in [-0.1, -0.05) is 30.3 Å². The topological polar surface area (TPSA) is 53.6 Å². The minimum atomic E-state index is 0. The van der Waals surface area contributed by atoms with Gasteiger partial charge in [0.1, 0.15) is 0 Å². The SMILES string of the molecule is CC(C)N(CCCN=C(N)NCCc1ccccc1)C(C)C.I. The number of hydrogen-bond donors (Lipinski definition) is 2. The van der Waals surface area contributed by atoms with Crippen molar-refractivity contribution in [2.45, 2.75) is 52.6 Å². The minimum absolute atomic E-state index is 0. The fourth-order valence-corrected chi connectivity index (χ4v) is 2.60. The largest absolute Gasteiger partial charge is 0.370 e. The average Bonchev–Trinajstić information content (AvgIpc) is 2.47. The highest BCUT2D eigenvalue weighted by atomic mass is 127.